The van der Waals surface area contributed by atoms with Gasteiger partial charge in [0.1, 0.15) is 0 Å². The second-order valence-corrected chi connectivity index (χ2v) is 11.7. The number of carbonyl (C=O) groups excluding carboxylic acids is 1. The molecule has 5 rings (SSSR count). The molecule has 3 aromatic carbocycles. The highest BCUT2D eigenvalue weighted by Gasteiger charge is 2.30. The van der Waals surface area contributed by atoms with Crippen molar-refractivity contribution >= 4 is 15.9 Å². The number of hydrogen-bond acceptors (Lipinski definition) is 6. The standard InChI is InChI=1S/C29H30N4O4S/c1-20(2)22-12-14-26(15-13-22)38(35,36)33-18-16-32(17-19-33)29(34)25-10-8-24(9-11-25)28-31-30-27(37-28)23-6-4-21(3)5-7-23/h4-15,20H,16-19H2,1-3H3. The number of benzene rings is 3. The first kappa shape index (κ1) is 25.8. The highest BCUT2D eigenvalue weighted by Crippen LogP contribution is 2.25. The molecule has 0 aliphatic carbocycles. The molecule has 0 spiro atoms. The molecule has 0 unspecified atom stereocenters. The van der Waals surface area contributed by atoms with E-state index in [-0.39, 0.29) is 23.9 Å². The Morgan fingerprint density at radius 1 is 0.789 bits per heavy atom. The molecular weight excluding hydrogens is 500 g/mol. The van der Waals surface area contributed by atoms with E-state index < -0.39 is 10.0 Å². The van der Waals surface area contributed by atoms with Gasteiger partial charge in [-0.15, -0.1) is 10.2 Å². The van der Waals surface area contributed by atoms with E-state index in [1.165, 1.54) is 4.31 Å². The maximum atomic E-state index is 13.1. The zero-order chi connectivity index (χ0) is 26.9. The number of amides is 1. The molecule has 0 N–H and O–H groups in total. The van der Waals surface area contributed by atoms with Crippen LogP contribution in [0.2, 0.25) is 0 Å². The fourth-order valence-electron chi connectivity index (χ4n) is 4.40. The van der Waals surface area contributed by atoms with Crippen LogP contribution in [0.4, 0.5) is 0 Å². The molecular formula is C29H30N4O4S. The summed E-state index contributed by atoms with van der Waals surface area (Å²) in [5.74, 6) is 1.00. The molecule has 196 valence electrons. The number of carbonyl (C=O) groups is 1. The molecule has 0 atom stereocenters. The van der Waals surface area contributed by atoms with Crippen LogP contribution in [0.5, 0.6) is 0 Å². The van der Waals surface area contributed by atoms with Gasteiger partial charge in [0, 0.05) is 42.9 Å². The van der Waals surface area contributed by atoms with Crippen molar-refractivity contribution in [2.24, 2.45) is 0 Å². The Labute approximate surface area is 223 Å². The lowest BCUT2D eigenvalue weighted by Crippen LogP contribution is -2.50. The third-order valence-corrected chi connectivity index (χ3v) is 8.73. The van der Waals surface area contributed by atoms with E-state index in [1.54, 1.807) is 41.3 Å². The van der Waals surface area contributed by atoms with Crippen LogP contribution in [0.1, 0.15) is 41.3 Å². The molecule has 1 aromatic heterocycles. The number of aromatic nitrogens is 2. The van der Waals surface area contributed by atoms with Crippen LogP contribution >= 0.6 is 0 Å². The van der Waals surface area contributed by atoms with E-state index in [2.05, 4.69) is 24.0 Å². The minimum atomic E-state index is -3.60. The monoisotopic (exact) mass is 530 g/mol. The zero-order valence-electron chi connectivity index (χ0n) is 21.7. The van der Waals surface area contributed by atoms with Crippen LogP contribution in [-0.4, -0.2) is 59.9 Å². The molecule has 1 fully saturated rings. The minimum absolute atomic E-state index is 0.138. The van der Waals surface area contributed by atoms with Crippen LogP contribution < -0.4 is 0 Å². The molecule has 0 radical (unpaired) electrons. The highest BCUT2D eigenvalue weighted by atomic mass is 32.2. The van der Waals surface area contributed by atoms with Crippen molar-refractivity contribution in [1.82, 2.24) is 19.4 Å². The lowest BCUT2D eigenvalue weighted by molar-refractivity contribution is 0.0698. The molecule has 1 amide bonds. The lowest BCUT2D eigenvalue weighted by atomic mass is 10.0. The van der Waals surface area contributed by atoms with Crippen molar-refractivity contribution < 1.29 is 17.6 Å². The predicted molar refractivity (Wildman–Crippen MR) is 145 cm³/mol. The average Bonchev–Trinajstić information content (AvgIpc) is 3.44. The summed E-state index contributed by atoms with van der Waals surface area (Å²) in [6.45, 7) is 7.31. The van der Waals surface area contributed by atoms with Crippen molar-refractivity contribution in [2.45, 2.75) is 31.6 Å². The fourth-order valence-corrected chi connectivity index (χ4v) is 5.82. The van der Waals surface area contributed by atoms with Gasteiger partial charge in [-0.2, -0.15) is 4.31 Å². The second-order valence-electron chi connectivity index (χ2n) is 9.78. The molecule has 8 nitrogen and oxygen atoms in total. The molecule has 1 aliphatic heterocycles. The van der Waals surface area contributed by atoms with Crippen molar-refractivity contribution in [2.75, 3.05) is 26.2 Å². The number of sulfonamides is 1. The van der Waals surface area contributed by atoms with Crippen molar-refractivity contribution in [3.05, 3.63) is 89.5 Å². The molecule has 38 heavy (non-hydrogen) atoms. The number of aryl methyl sites for hydroxylation is 1. The largest absolute Gasteiger partial charge is 0.416 e. The van der Waals surface area contributed by atoms with E-state index >= 15 is 0 Å². The molecule has 4 aromatic rings. The van der Waals surface area contributed by atoms with Gasteiger partial charge in [0.15, 0.2) is 0 Å². The van der Waals surface area contributed by atoms with Gasteiger partial charge in [0.25, 0.3) is 5.91 Å². The Morgan fingerprint density at radius 2 is 1.32 bits per heavy atom. The number of nitrogens with zero attached hydrogens (tertiary/aromatic N) is 4. The summed E-state index contributed by atoms with van der Waals surface area (Å²) in [6.07, 6.45) is 0. The van der Waals surface area contributed by atoms with Gasteiger partial charge in [-0.1, -0.05) is 43.7 Å². The number of piperazine rings is 1. The van der Waals surface area contributed by atoms with Crippen LogP contribution in [0, 0.1) is 6.92 Å². The summed E-state index contributed by atoms with van der Waals surface area (Å²) < 4.78 is 33.5. The third kappa shape index (κ3) is 5.25. The number of rotatable bonds is 6. The zero-order valence-corrected chi connectivity index (χ0v) is 22.5. The Bertz CT molecular complexity index is 1520. The summed E-state index contributed by atoms with van der Waals surface area (Å²) in [5.41, 5.74) is 4.32. The SMILES string of the molecule is Cc1ccc(-c2nnc(-c3ccc(C(=O)N4CCN(S(=O)(=O)c5ccc(C(C)C)cc5)CC4)cc3)o2)cc1. The average molecular weight is 531 g/mol. The second kappa shape index (κ2) is 10.5. The Kier molecular flexibility index (Phi) is 7.14. The summed E-state index contributed by atoms with van der Waals surface area (Å²) in [7, 11) is -3.60. The van der Waals surface area contributed by atoms with Gasteiger partial charge < -0.3 is 9.32 Å². The summed E-state index contributed by atoms with van der Waals surface area (Å²) in [4.78, 5) is 15.1. The summed E-state index contributed by atoms with van der Waals surface area (Å²) in [6, 6.07) is 21.9. The quantitative estimate of drug-likeness (QED) is 0.349. The van der Waals surface area contributed by atoms with Crippen LogP contribution in [0.15, 0.2) is 82.1 Å². The third-order valence-electron chi connectivity index (χ3n) is 6.81. The normalized spacial score (nSPS) is 14.7. The van der Waals surface area contributed by atoms with Crippen LogP contribution in [0.3, 0.4) is 0 Å². The van der Waals surface area contributed by atoms with Crippen molar-refractivity contribution in [3.63, 3.8) is 0 Å². The smallest absolute Gasteiger partial charge is 0.253 e. The van der Waals surface area contributed by atoms with Crippen molar-refractivity contribution in [3.8, 4) is 22.9 Å². The Hall–Kier alpha value is -3.82. The van der Waals surface area contributed by atoms with E-state index in [4.69, 9.17) is 4.42 Å². The molecule has 9 heteroatoms. The van der Waals surface area contributed by atoms with Gasteiger partial charge in [-0.3, -0.25) is 4.79 Å². The first-order valence-corrected chi connectivity index (χ1v) is 14.1. The molecule has 0 bridgehead atoms. The topological polar surface area (TPSA) is 96.6 Å². The van der Waals surface area contributed by atoms with Gasteiger partial charge in [-0.25, -0.2) is 8.42 Å². The van der Waals surface area contributed by atoms with Gasteiger partial charge in [0.2, 0.25) is 21.8 Å². The van der Waals surface area contributed by atoms with E-state index in [9.17, 15) is 13.2 Å². The predicted octanol–water partition coefficient (Wildman–Crippen LogP) is 4.98. The van der Waals surface area contributed by atoms with Gasteiger partial charge >= 0.3 is 0 Å². The van der Waals surface area contributed by atoms with E-state index in [0.717, 1.165) is 16.7 Å². The molecule has 0 saturated carbocycles. The maximum absolute atomic E-state index is 13.1. The van der Waals surface area contributed by atoms with Crippen LogP contribution in [0.25, 0.3) is 22.9 Å². The molecule has 1 saturated heterocycles. The van der Waals surface area contributed by atoms with Crippen molar-refractivity contribution in [1.29, 1.82) is 0 Å². The van der Waals surface area contributed by atoms with E-state index in [1.807, 2.05) is 43.3 Å². The summed E-state index contributed by atoms with van der Waals surface area (Å²) in [5, 5.41) is 8.28. The first-order chi connectivity index (χ1) is 18.2. The van der Waals surface area contributed by atoms with Gasteiger partial charge in [-0.05, 0) is 66.9 Å². The Balaban J connectivity index is 1.22. The molecule has 1 aliphatic rings. The number of hydrogen-bond donors (Lipinski definition) is 0. The highest BCUT2D eigenvalue weighted by molar-refractivity contribution is 7.89. The van der Waals surface area contributed by atoms with Gasteiger partial charge in [0.05, 0.1) is 4.90 Å². The minimum Gasteiger partial charge on any atom is -0.416 e. The lowest BCUT2D eigenvalue weighted by Gasteiger charge is -2.34. The van der Waals surface area contributed by atoms with Crippen LogP contribution in [-0.2, 0) is 10.0 Å². The fraction of sp³-hybridized carbons (Fsp3) is 0.276. The molecule has 2 heterocycles. The van der Waals surface area contributed by atoms with E-state index in [0.29, 0.717) is 41.9 Å². The Morgan fingerprint density at radius 3 is 1.84 bits per heavy atom. The maximum Gasteiger partial charge on any atom is 0.253 e. The summed E-state index contributed by atoms with van der Waals surface area (Å²) >= 11 is 0. The first-order valence-electron chi connectivity index (χ1n) is 12.6.